The van der Waals surface area contributed by atoms with Gasteiger partial charge in [-0.3, -0.25) is 4.99 Å². The number of ether oxygens (including phenoxy) is 3. The van der Waals surface area contributed by atoms with E-state index in [1.165, 1.54) is 12.8 Å². The van der Waals surface area contributed by atoms with E-state index in [-0.39, 0.29) is 24.0 Å². The Morgan fingerprint density at radius 3 is 2.79 bits per heavy atom. The molecular formula is C21H33ClIN3O3. The van der Waals surface area contributed by atoms with Crippen molar-refractivity contribution >= 4 is 41.5 Å². The maximum Gasteiger partial charge on any atom is 0.193 e. The zero-order chi connectivity index (χ0) is 19.6. The fourth-order valence-electron chi connectivity index (χ4n) is 3.64. The molecule has 2 aliphatic rings. The third kappa shape index (κ3) is 8.47. The fourth-order valence-corrected chi connectivity index (χ4v) is 3.82. The molecule has 3 rings (SSSR count). The van der Waals surface area contributed by atoms with Crippen LogP contribution < -0.4 is 10.1 Å². The van der Waals surface area contributed by atoms with Gasteiger partial charge in [-0.1, -0.05) is 17.7 Å². The van der Waals surface area contributed by atoms with Gasteiger partial charge in [-0.25, -0.2) is 0 Å². The van der Waals surface area contributed by atoms with E-state index < -0.39 is 0 Å². The lowest BCUT2D eigenvalue weighted by atomic mass is 10.1. The van der Waals surface area contributed by atoms with Crippen LogP contribution in [0.3, 0.4) is 0 Å². The molecule has 29 heavy (non-hydrogen) atoms. The van der Waals surface area contributed by atoms with Gasteiger partial charge in [0.05, 0.1) is 25.4 Å². The van der Waals surface area contributed by atoms with Crippen LogP contribution in [-0.2, 0) is 9.47 Å². The number of hydrogen-bond donors (Lipinski definition) is 1. The highest BCUT2D eigenvalue weighted by Crippen LogP contribution is 2.18. The van der Waals surface area contributed by atoms with Crippen molar-refractivity contribution in [3.63, 3.8) is 0 Å². The van der Waals surface area contributed by atoms with E-state index in [1.807, 2.05) is 31.3 Å². The van der Waals surface area contributed by atoms with Gasteiger partial charge in [0.25, 0.3) is 0 Å². The molecule has 1 atom stereocenters. The highest BCUT2D eigenvalue weighted by Gasteiger charge is 2.23. The first kappa shape index (κ1) is 24.5. The number of aliphatic imine (C=N–C) groups is 1. The summed E-state index contributed by atoms with van der Waals surface area (Å²) in [6, 6.07) is 7.45. The Balaban J connectivity index is 0.00000300. The number of benzene rings is 1. The SMILES string of the molecule is CN=C(NCCOc1cccc(Cl)c1)N1CCC(OCC2CCCCO2)CC1.I. The van der Waals surface area contributed by atoms with Crippen LogP contribution in [0.25, 0.3) is 0 Å². The summed E-state index contributed by atoms with van der Waals surface area (Å²) in [5.74, 6) is 1.70. The molecule has 2 fully saturated rings. The number of piperidine rings is 1. The molecule has 0 spiro atoms. The molecule has 164 valence electrons. The molecule has 1 aromatic rings. The molecule has 1 unspecified atom stereocenters. The molecule has 0 bridgehead atoms. The first-order valence-corrected chi connectivity index (χ1v) is 10.7. The van der Waals surface area contributed by atoms with Gasteiger partial charge in [0, 0.05) is 31.8 Å². The van der Waals surface area contributed by atoms with E-state index in [0.29, 0.717) is 30.4 Å². The Labute approximate surface area is 196 Å². The predicted octanol–water partition coefficient (Wildman–Crippen LogP) is 3.96. The van der Waals surface area contributed by atoms with Crippen LogP contribution in [0, 0.1) is 0 Å². The quantitative estimate of drug-likeness (QED) is 0.247. The van der Waals surface area contributed by atoms with Crippen molar-refractivity contribution in [2.75, 3.05) is 46.5 Å². The Morgan fingerprint density at radius 2 is 2.10 bits per heavy atom. The second kappa shape index (κ2) is 13.5. The van der Waals surface area contributed by atoms with Crippen LogP contribution in [0.1, 0.15) is 32.1 Å². The Morgan fingerprint density at radius 1 is 1.28 bits per heavy atom. The zero-order valence-corrected chi connectivity index (χ0v) is 20.2. The summed E-state index contributed by atoms with van der Waals surface area (Å²) in [4.78, 5) is 6.70. The second-order valence-electron chi connectivity index (χ2n) is 7.29. The van der Waals surface area contributed by atoms with Gasteiger partial charge >= 0.3 is 0 Å². The number of halogens is 2. The van der Waals surface area contributed by atoms with E-state index in [0.717, 1.165) is 57.3 Å². The average Bonchev–Trinajstić information content (AvgIpc) is 2.74. The highest BCUT2D eigenvalue weighted by atomic mass is 127. The molecule has 1 aromatic carbocycles. The maximum atomic E-state index is 6.10. The number of likely N-dealkylation sites (tertiary alicyclic amines) is 1. The van der Waals surface area contributed by atoms with Gasteiger partial charge in [-0.15, -0.1) is 24.0 Å². The lowest BCUT2D eigenvalue weighted by Crippen LogP contribution is -2.48. The number of hydrogen-bond acceptors (Lipinski definition) is 4. The summed E-state index contributed by atoms with van der Waals surface area (Å²) in [6.07, 6.45) is 6.23. The van der Waals surface area contributed by atoms with Crippen LogP contribution in [0.2, 0.25) is 5.02 Å². The monoisotopic (exact) mass is 537 g/mol. The zero-order valence-electron chi connectivity index (χ0n) is 17.1. The molecular weight excluding hydrogens is 505 g/mol. The normalized spacial score (nSPS) is 20.8. The predicted molar refractivity (Wildman–Crippen MR) is 128 cm³/mol. The summed E-state index contributed by atoms with van der Waals surface area (Å²) in [7, 11) is 1.82. The van der Waals surface area contributed by atoms with E-state index in [2.05, 4.69) is 15.2 Å². The van der Waals surface area contributed by atoms with Crippen molar-refractivity contribution in [1.82, 2.24) is 10.2 Å². The number of nitrogens with zero attached hydrogens (tertiary/aromatic N) is 2. The lowest BCUT2D eigenvalue weighted by molar-refractivity contribution is -0.0721. The highest BCUT2D eigenvalue weighted by molar-refractivity contribution is 14.0. The molecule has 0 saturated carbocycles. The van der Waals surface area contributed by atoms with Crippen LogP contribution in [-0.4, -0.2) is 69.6 Å². The molecule has 8 heteroatoms. The lowest BCUT2D eigenvalue weighted by Gasteiger charge is -2.35. The summed E-state index contributed by atoms with van der Waals surface area (Å²) in [6.45, 7) is 4.76. The van der Waals surface area contributed by atoms with Crippen molar-refractivity contribution in [2.45, 2.75) is 44.3 Å². The fraction of sp³-hybridized carbons (Fsp3) is 0.667. The first-order chi connectivity index (χ1) is 13.7. The van der Waals surface area contributed by atoms with E-state index in [9.17, 15) is 0 Å². The third-order valence-electron chi connectivity index (χ3n) is 5.20. The molecule has 0 amide bonds. The van der Waals surface area contributed by atoms with Crippen molar-refractivity contribution < 1.29 is 14.2 Å². The van der Waals surface area contributed by atoms with Crippen molar-refractivity contribution in [2.24, 2.45) is 4.99 Å². The minimum Gasteiger partial charge on any atom is -0.492 e. The van der Waals surface area contributed by atoms with Crippen LogP contribution in [0.15, 0.2) is 29.3 Å². The molecule has 6 nitrogen and oxygen atoms in total. The van der Waals surface area contributed by atoms with E-state index in [1.54, 1.807) is 0 Å². The average molecular weight is 538 g/mol. The molecule has 2 aliphatic heterocycles. The Kier molecular flexibility index (Phi) is 11.4. The number of nitrogens with one attached hydrogen (secondary N) is 1. The summed E-state index contributed by atoms with van der Waals surface area (Å²) in [5.41, 5.74) is 0. The molecule has 0 radical (unpaired) electrons. The smallest absolute Gasteiger partial charge is 0.193 e. The first-order valence-electron chi connectivity index (χ1n) is 10.3. The van der Waals surface area contributed by atoms with Crippen LogP contribution in [0.4, 0.5) is 0 Å². The Hall–Kier alpha value is -0.770. The van der Waals surface area contributed by atoms with E-state index >= 15 is 0 Å². The molecule has 2 saturated heterocycles. The number of rotatable bonds is 7. The minimum absolute atomic E-state index is 0. The topological polar surface area (TPSA) is 55.3 Å². The second-order valence-corrected chi connectivity index (χ2v) is 7.72. The molecule has 2 heterocycles. The van der Waals surface area contributed by atoms with Crippen LogP contribution in [0.5, 0.6) is 5.75 Å². The summed E-state index contributed by atoms with van der Waals surface area (Å²) < 4.78 is 17.6. The summed E-state index contributed by atoms with van der Waals surface area (Å²) >= 11 is 5.97. The van der Waals surface area contributed by atoms with Crippen molar-refractivity contribution in [1.29, 1.82) is 0 Å². The van der Waals surface area contributed by atoms with Crippen molar-refractivity contribution in [3.05, 3.63) is 29.3 Å². The van der Waals surface area contributed by atoms with Gasteiger partial charge < -0.3 is 24.4 Å². The van der Waals surface area contributed by atoms with Gasteiger partial charge in [-0.05, 0) is 50.3 Å². The molecule has 1 N–H and O–H groups in total. The molecule has 0 aromatic heterocycles. The van der Waals surface area contributed by atoms with Crippen LogP contribution >= 0.6 is 35.6 Å². The van der Waals surface area contributed by atoms with Gasteiger partial charge in [0.1, 0.15) is 12.4 Å². The maximum absolute atomic E-state index is 6.10. The van der Waals surface area contributed by atoms with Crippen molar-refractivity contribution in [3.8, 4) is 5.75 Å². The standard InChI is InChI=1S/C21H32ClN3O3.HI/c1-23-21(24-10-14-27-19-7-4-5-17(22)15-19)25-11-8-18(9-12-25)28-16-20-6-2-3-13-26-20;/h4-5,7,15,18,20H,2-3,6,8-14,16H2,1H3,(H,23,24);1H. The largest absolute Gasteiger partial charge is 0.492 e. The molecule has 0 aliphatic carbocycles. The van der Waals surface area contributed by atoms with Gasteiger partial charge in [0.2, 0.25) is 0 Å². The minimum atomic E-state index is 0. The number of guanidine groups is 1. The summed E-state index contributed by atoms with van der Waals surface area (Å²) in [5, 5.41) is 4.06. The van der Waals surface area contributed by atoms with E-state index in [4.69, 9.17) is 25.8 Å². The Bertz CT molecular complexity index is 621. The third-order valence-corrected chi connectivity index (χ3v) is 5.43. The van der Waals surface area contributed by atoms with Gasteiger partial charge in [0.15, 0.2) is 5.96 Å². The van der Waals surface area contributed by atoms with Gasteiger partial charge in [-0.2, -0.15) is 0 Å².